The number of carboxylic acids is 1. The molecule has 1 fully saturated rings. The van der Waals surface area contributed by atoms with Crippen LogP contribution in [0.5, 0.6) is 0 Å². The standard InChI is InChI=1S/C33H33Cl2N3O5S/c1-21(39)37-33(24-9-5-3-6-10-24,25-11-7-4-8-12-25)30(32(42)43)36-31(41)23-17-19-38(20-18-23)27(40)16-14-22-13-15-26(44-2)29(35)28(22)34/h3-16,23,30H,17-20H2,1-2H3,(H,36,41)(H,37,39)(H,42,43)/t30-/m1/s1. The highest BCUT2D eigenvalue weighted by Crippen LogP contribution is 2.36. The van der Waals surface area contributed by atoms with E-state index in [0.717, 1.165) is 4.90 Å². The van der Waals surface area contributed by atoms with Crippen molar-refractivity contribution < 1.29 is 24.3 Å². The van der Waals surface area contributed by atoms with Gasteiger partial charge in [0.15, 0.2) is 6.04 Å². The van der Waals surface area contributed by atoms with Gasteiger partial charge in [-0.15, -0.1) is 11.8 Å². The number of carbonyl (C=O) groups is 4. The third kappa shape index (κ3) is 7.29. The Hall–Kier alpha value is -3.79. The largest absolute Gasteiger partial charge is 0.480 e. The first-order valence-electron chi connectivity index (χ1n) is 14.0. The van der Waals surface area contributed by atoms with Gasteiger partial charge in [0.25, 0.3) is 0 Å². The minimum atomic E-state index is -1.59. The van der Waals surface area contributed by atoms with Crippen LogP contribution in [0.3, 0.4) is 0 Å². The molecule has 0 aliphatic carbocycles. The number of hydrogen-bond donors (Lipinski definition) is 3. The van der Waals surface area contributed by atoms with Gasteiger partial charge in [-0.3, -0.25) is 14.4 Å². The molecule has 0 aromatic heterocycles. The van der Waals surface area contributed by atoms with Crippen LogP contribution in [0, 0.1) is 5.92 Å². The summed E-state index contributed by atoms with van der Waals surface area (Å²) in [5, 5.41) is 16.9. The maximum absolute atomic E-state index is 13.6. The fourth-order valence-electron chi connectivity index (χ4n) is 5.47. The van der Waals surface area contributed by atoms with E-state index in [4.69, 9.17) is 23.2 Å². The first-order valence-corrected chi connectivity index (χ1v) is 16.0. The number of carboxylic acid groups (broad SMARTS) is 1. The number of halogens is 2. The number of piperidine rings is 1. The van der Waals surface area contributed by atoms with Crippen molar-refractivity contribution in [2.75, 3.05) is 19.3 Å². The molecule has 3 N–H and O–H groups in total. The Labute approximate surface area is 270 Å². The lowest BCUT2D eigenvalue weighted by Crippen LogP contribution is -2.64. The topological polar surface area (TPSA) is 116 Å². The molecular weight excluding hydrogens is 621 g/mol. The normalized spacial score (nSPS) is 14.7. The highest BCUT2D eigenvalue weighted by Gasteiger charge is 2.48. The highest BCUT2D eigenvalue weighted by molar-refractivity contribution is 7.98. The van der Waals surface area contributed by atoms with Gasteiger partial charge in [0.05, 0.1) is 10.0 Å². The lowest BCUT2D eigenvalue weighted by Gasteiger charge is -2.41. The first-order chi connectivity index (χ1) is 21.1. The summed E-state index contributed by atoms with van der Waals surface area (Å²) in [6, 6.07) is 19.6. The van der Waals surface area contributed by atoms with Crippen molar-refractivity contribution in [1.29, 1.82) is 0 Å². The number of benzene rings is 3. The SMILES string of the molecule is CSc1ccc(C=CC(=O)N2CCC(C(=O)N[C@H](C(=O)O)C(NC(C)=O)(c3ccccc3)c3ccccc3)CC2)c(Cl)c1Cl. The summed E-state index contributed by atoms with van der Waals surface area (Å²) in [6.07, 6.45) is 5.63. The number of hydrogen-bond acceptors (Lipinski definition) is 5. The Kier molecular flexibility index (Phi) is 11.1. The molecule has 0 saturated carbocycles. The maximum atomic E-state index is 13.6. The fraction of sp³-hybridized carbons (Fsp3) is 0.273. The zero-order valence-corrected chi connectivity index (χ0v) is 26.6. The number of amides is 3. The fourth-order valence-corrected chi connectivity index (χ4v) is 6.65. The molecule has 11 heteroatoms. The average molecular weight is 655 g/mol. The molecule has 3 aromatic rings. The van der Waals surface area contributed by atoms with Gasteiger partial charge in [0, 0.05) is 36.9 Å². The van der Waals surface area contributed by atoms with Crippen LogP contribution in [-0.2, 0) is 24.7 Å². The smallest absolute Gasteiger partial charge is 0.329 e. The van der Waals surface area contributed by atoms with Crippen LogP contribution >= 0.6 is 35.0 Å². The van der Waals surface area contributed by atoms with Gasteiger partial charge in [-0.2, -0.15) is 0 Å². The van der Waals surface area contributed by atoms with Crippen LogP contribution in [0.1, 0.15) is 36.5 Å². The van der Waals surface area contributed by atoms with E-state index in [1.807, 2.05) is 12.3 Å². The molecule has 3 amide bonds. The number of aliphatic carboxylic acids is 1. The summed E-state index contributed by atoms with van der Waals surface area (Å²) < 4.78 is 0. The van der Waals surface area contributed by atoms with Crippen LogP contribution in [-0.4, -0.2) is 59.1 Å². The third-order valence-electron chi connectivity index (χ3n) is 7.68. The van der Waals surface area contributed by atoms with Crippen molar-refractivity contribution in [3.63, 3.8) is 0 Å². The number of thioether (sulfide) groups is 1. The molecule has 44 heavy (non-hydrogen) atoms. The van der Waals surface area contributed by atoms with Gasteiger partial charge >= 0.3 is 5.97 Å². The number of likely N-dealkylation sites (tertiary alicyclic amines) is 1. The van der Waals surface area contributed by atoms with Gasteiger partial charge < -0.3 is 20.6 Å². The summed E-state index contributed by atoms with van der Waals surface area (Å²) in [5.41, 5.74) is 0.0445. The van der Waals surface area contributed by atoms with Crippen molar-refractivity contribution in [3.8, 4) is 0 Å². The molecule has 8 nitrogen and oxygen atoms in total. The molecular formula is C33H33Cl2N3O5S. The number of nitrogens with one attached hydrogen (secondary N) is 2. The van der Waals surface area contributed by atoms with Gasteiger partial charge in [-0.25, -0.2) is 4.79 Å². The number of nitrogens with zero attached hydrogens (tertiary/aromatic N) is 1. The molecule has 1 saturated heterocycles. The van der Waals surface area contributed by atoms with E-state index in [0.29, 0.717) is 52.7 Å². The van der Waals surface area contributed by atoms with E-state index < -0.39 is 35.3 Å². The molecule has 0 radical (unpaired) electrons. The lowest BCUT2D eigenvalue weighted by molar-refractivity contribution is -0.145. The van der Waals surface area contributed by atoms with Gasteiger partial charge in [0.2, 0.25) is 17.7 Å². The van der Waals surface area contributed by atoms with Crippen molar-refractivity contribution in [1.82, 2.24) is 15.5 Å². The second kappa shape index (κ2) is 14.8. The molecule has 0 spiro atoms. The Balaban J connectivity index is 1.51. The van der Waals surface area contributed by atoms with Crippen molar-refractivity contribution in [2.24, 2.45) is 5.92 Å². The molecule has 4 rings (SSSR count). The zero-order valence-electron chi connectivity index (χ0n) is 24.3. The average Bonchev–Trinajstić information content (AvgIpc) is 3.03. The molecule has 1 aliphatic heterocycles. The van der Waals surface area contributed by atoms with Crippen molar-refractivity contribution in [2.45, 2.75) is 36.2 Å². The highest BCUT2D eigenvalue weighted by atomic mass is 35.5. The summed E-state index contributed by atoms with van der Waals surface area (Å²) in [4.78, 5) is 54.4. The minimum absolute atomic E-state index is 0.230. The van der Waals surface area contributed by atoms with E-state index in [2.05, 4.69) is 10.6 Å². The Morgan fingerprint density at radius 2 is 1.50 bits per heavy atom. The molecule has 3 aromatic carbocycles. The number of rotatable bonds is 10. The summed E-state index contributed by atoms with van der Waals surface area (Å²) in [6.45, 7) is 1.94. The van der Waals surface area contributed by atoms with Gasteiger partial charge in [-0.05, 0) is 47.9 Å². The molecule has 1 aliphatic rings. The zero-order chi connectivity index (χ0) is 31.9. The Morgan fingerprint density at radius 3 is 2.00 bits per heavy atom. The van der Waals surface area contributed by atoms with Crippen LogP contribution in [0.15, 0.2) is 83.8 Å². The minimum Gasteiger partial charge on any atom is -0.480 e. The summed E-state index contributed by atoms with van der Waals surface area (Å²) in [7, 11) is 0. The third-order valence-corrected chi connectivity index (χ3v) is 9.47. The predicted octanol–water partition coefficient (Wildman–Crippen LogP) is 5.62. The first kappa shape index (κ1) is 33.1. The van der Waals surface area contributed by atoms with Crippen molar-refractivity contribution in [3.05, 3.63) is 106 Å². The molecule has 1 atom stereocenters. The van der Waals surface area contributed by atoms with Gasteiger partial charge in [-0.1, -0.05) is 89.9 Å². The van der Waals surface area contributed by atoms with Gasteiger partial charge in [0.1, 0.15) is 5.54 Å². The Morgan fingerprint density at radius 1 is 0.932 bits per heavy atom. The summed E-state index contributed by atoms with van der Waals surface area (Å²) in [5.74, 6) is -2.98. The van der Waals surface area contributed by atoms with Crippen LogP contribution < -0.4 is 10.6 Å². The van der Waals surface area contributed by atoms with Crippen LogP contribution in [0.4, 0.5) is 0 Å². The lowest BCUT2D eigenvalue weighted by atomic mass is 9.76. The van der Waals surface area contributed by atoms with E-state index >= 15 is 0 Å². The summed E-state index contributed by atoms with van der Waals surface area (Å²) >= 11 is 14.2. The van der Waals surface area contributed by atoms with Crippen molar-refractivity contribution >= 4 is 64.7 Å². The van der Waals surface area contributed by atoms with Crippen LogP contribution in [0.25, 0.3) is 6.08 Å². The predicted molar refractivity (Wildman–Crippen MR) is 174 cm³/mol. The second-order valence-electron chi connectivity index (χ2n) is 10.4. The Bertz CT molecular complexity index is 1500. The van der Waals surface area contributed by atoms with E-state index in [1.165, 1.54) is 24.8 Å². The monoisotopic (exact) mass is 653 g/mol. The van der Waals surface area contributed by atoms with E-state index in [-0.39, 0.29) is 5.91 Å². The molecule has 0 bridgehead atoms. The number of carbonyl (C=O) groups excluding carboxylic acids is 3. The van der Waals surface area contributed by atoms with E-state index in [9.17, 15) is 24.3 Å². The second-order valence-corrected chi connectivity index (χ2v) is 12.0. The van der Waals surface area contributed by atoms with Crippen LogP contribution in [0.2, 0.25) is 10.0 Å². The maximum Gasteiger partial charge on any atom is 0.329 e. The quantitative estimate of drug-likeness (QED) is 0.193. The molecule has 230 valence electrons. The van der Waals surface area contributed by atoms with E-state index in [1.54, 1.807) is 77.7 Å². The molecule has 1 heterocycles. The molecule has 0 unspecified atom stereocenters.